The van der Waals surface area contributed by atoms with Gasteiger partial charge in [-0.15, -0.1) is 0 Å². The molecule has 122 valence electrons. The molecule has 2 heterocycles. The molecule has 1 amide bonds. The van der Waals surface area contributed by atoms with Gasteiger partial charge in [0.25, 0.3) is 5.91 Å². The van der Waals surface area contributed by atoms with Crippen LogP contribution in [-0.2, 0) is 0 Å². The summed E-state index contributed by atoms with van der Waals surface area (Å²) in [6.07, 6.45) is 1.60. The van der Waals surface area contributed by atoms with Crippen molar-refractivity contribution >= 4 is 16.9 Å². The normalized spacial score (nSPS) is 10.8. The first-order valence-corrected chi connectivity index (χ1v) is 7.99. The van der Waals surface area contributed by atoms with Crippen LogP contribution in [0.4, 0.5) is 0 Å². The first-order chi connectivity index (χ1) is 12.2. The third-order valence-electron chi connectivity index (χ3n) is 4.08. The van der Waals surface area contributed by atoms with Gasteiger partial charge in [-0.2, -0.15) is 0 Å². The second kappa shape index (κ2) is 6.20. The predicted octanol–water partition coefficient (Wildman–Crippen LogP) is 3.79. The molecular formula is C20H16N4O. The first kappa shape index (κ1) is 15.1. The molecule has 2 aromatic heterocycles. The summed E-state index contributed by atoms with van der Waals surface area (Å²) < 4.78 is 1.63. The second-order valence-corrected chi connectivity index (χ2v) is 5.74. The molecule has 25 heavy (non-hydrogen) atoms. The Morgan fingerprint density at radius 3 is 2.52 bits per heavy atom. The number of hydrogen-bond acceptors (Lipinski definition) is 3. The van der Waals surface area contributed by atoms with E-state index in [0.29, 0.717) is 11.3 Å². The first-order valence-electron chi connectivity index (χ1n) is 7.99. The molecule has 0 saturated carbocycles. The number of benzene rings is 2. The molecule has 0 aliphatic heterocycles. The van der Waals surface area contributed by atoms with Crippen molar-refractivity contribution in [2.75, 3.05) is 5.43 Å². The Labute approximate surface area is 144 Å². The van der Waals surface area contributed by atoms with Gasteiger partial charge in [-0.1, -0.05) is 42.5 Å². The molecule has 0 saturated heterocycles. The average molecular weight is 328 g/mol. The zero-order valence-corrected chi connectivity index (χ0v) is 13.7. The number of imidazole rings is 1. The number of pyridine rings is 1. The van der Waals surface area contributed by atoms with Crippen LogP contribution in [0.3, 0.4) is 0 Å². The Hall–Kier alpha value is -3.47. The summed E-state index contributed by atoms with van der Waals surface area (Å²) in [7, 11) is 0. The van der Waals surface area contributed by atoms with Gasteiger partial charge in [0, 0.05) is 5.56 Å². The molecule has 5 heteroatoms. The molecule has 0 atom stereocenters. The summed E-state index contributed by atoms with van der Waals surface area (Å²) in [5.41, 5.74) is 7.64. The molecule has 0 aliphatic rings. The van der Waals surface area contributed by atoms with Crippen LogP contribution in [0.1, 0.15) is 16.1 Å². The van der Waals surface area contributed by atoms with Gasteiger partial charge in [-0.25, -0.2) is 9.66 Å². The topological polar surface area (TPSA) is 59.8 Å². The number of rotatable bonds is 3. The van der Waals surface area contributed by atoms with Crippen LogP contribution < -0.4 is 5.43 Å². The van der Waals surface area contributed by atoms with Gasteiger partial charge in [0.05, 0.1) is 28.0 Å². The molecular weight excluding hydrogens is 312 g/mol. The standard InChI is InChI=1S/C20H16N4O/c1-14-16(11-12-17(22-14)15-7-3-2-4-8-15)20(25)23-24-13-21-18-9-5-6-10-19(18)24/h2-13H,1H3,(H,23,25). The van der Waals surface area contributed by atoms with E-state index in [1.165, 1.54) is 0 Å². The zero-order chi connectivity index (χ0) is 17.2. The molecule has 4 aromatic rings. The van der Waals surface area contributed by atoms with Crippen molar-refractivity contribution < 1.29 is 4.79 Å². The van der Waals surface area contributed by atoms with Gasteiger partial charge < -0.3 is 0 Å². The fraction of sp³-hybridized carbons (Fsp3) is 0.0500. The van der Waals surface area contributed by atoms with Crippen molar-refractivity contribution in [2.24, 2.45) is 0 Å². The van der Waals surface area contributed by atoms with Gasteiger partial charge in [0.2, 0.25) is 0 Å². The zero-order valence-electron chi connectivity index (χ0n) is 13.7. The Balaban J connectivity index is 1.62. The average Bonchev–Trinajstić information content (AvgIpc) is 3.05. The van der Waals surface area contributed by atoms with Crippen molar-refractivity contribution in [2.45, 2.75) is 6.92 Å². The monoisotopic (exact) mass is 328 g/mol. The highest BCUT2D eigenvalue weighted by Gasteiger charge is 2.13. The van der Waals surface area contributed by atoms with E-state index in [2.05, 4.69) is 15.4 Å². The quantitative estimate of drug-likeness (QED) is 0.622. The molecule has 1 N–H and O–H groups in total. The maximum Gasteiger partial charge on any atom is 0.271 e. The summed E-state index contributed by atoms with van der Waals surface area (Å²) in [5.74, 6) is -0.215. The minimum Gasteiger partial charge on any atom is -0.267 e. The fourth-order valence-corrected chi connectivity index (χ4v) is 2.79. The third-order valence-corrected chi connectivity index (χ3v) is 4.08. The van der Waals surface area contributed by atoms with E-state index in [1.54, 1.807) is 17.1 Å². The van der Waals surface area contributed by atoms with Gasteiger partial charge in [0.1, 0.15) is 6.33 Å². The number of aryl methyl sites for hydroxylation is 1. The predicted molar refractivity (Wildman–Crippen MR) is 97.8 cm³/mol. The summed E-state index contributed by atoms with van der Waals surface area (Å²) in [4.78, 5) is 21.5. The fourth-order valence-electron chi connectivity index (χ4n) is 2.79. The van der Waals surface area contributed by atoms with Crippen LogP contribution in [0.5, 0.6) is 0 Å². The van der Waals surface area contributed by atoms with E-state index in [1.807, 2.05) is 67.6 Å². The van der Waals surface area contributed by atoms with Crippen LogP contribution in [0, 0.1) is 6.92 Å². The van der Waals surface area contributed by atoms with E-state index in [-0.39, 0.29) is 5.91 Å². The number of nitrogens with one attached hydrogen (secondary N) is 1. The van der Waals surface area contributed by atoms with Crippen LogP contribution in [-0.4, -0.2) is 20.6 Å². The SMILES string of the molecule is Cc1nc(-c2ccccc2)ccc1C(=O)Nn1cnc2ccccc21. The number of carbonyl (C=O) groups is 1. The lowest BCUT2D eigenvalue weighted by Crippen LogP contribution is -2.23. The van der Waals surface area contributed by atoms with Crippen molar-refractivity contribution in [1.29, 1.82) is 0 Å². The van der Waals surface area contributed by atoms with Gasteiger partial charge in [0.15, 0.2) is 0 Å². The number of carbonyl (C=O) groups excluding carboxylic acids is 1. The lowest BCUT2D eigenvalue weighted by atomic mass is 10.1. The van der Waals surface area contributed by atoms with Crippen molar-refractivity contribution in [3.05, 3.63) is 84.3 Å². The van der Waals surface area contributed by atoms with Crippen molar-refractivity contribution in [3.8, 4) is 11.3 Å². The van der Waals surface area contributed by atoms with E-state index < -0.39 is 0 Å². The smallest absolute Gasteiger partial charge is 0.267 e. The highest BCUT2D eigenvalue weighted by Crippen LogP contribution is 2.19. The lowest BCUT2D eigenvalue weighted by Gasteiger charge is -2.10. The van der Waals surface area contributed by atoms with Gasteiger partial charge in [-0.05, 0) is 31.2 Å². The van der Waals surface area contributed by atoms with Crippen molar-refractivity contribution in [3.63, 3.8) is 0 Å². The molecule has 0 fully saturated rings. The Morgan fingerprint density at radius 2 is 1.72 bits per heavy atom. The number of hydrogen-bond donors (Lipinski definition) is 1. The van der Waals surface area contributed by atoms with Crippen LogP contribution in [0.25, 0.3) is 22.3 Å². The van der Waals surface area contributed by atoms with Gasteiger partial charge in [-0.3, -0.25) is 15.2 Å². The van der Waals surface area contributed by atoms with Crippen LogP contribution in [0.2, 0.25) is 0 Å². The molecule has 5 nitrogen and oxygen atoms in total. The number of aromatic nitrogens is 3. The lowest BCUT2D eigenvalue weighted by molar-refractivity contribution is 0.101. The highest BCUT2D eigenvalue weighted by atomic mass is 16.2. The second-order valence-electron chi connectivity index (χ2n) is 5.74. The van der Waals surface area contributed by atoms with E-state index in [0.717, 1.165) is 22.3 Å². The molecule has 0 spiro atoms. The molecule has 0 bridgehead atoms. The Morgan fingerprint density at radius 1 is 0.960 bits per heavy atom. The number of fused-ring (bicyclic) bond motifs is 1. The highest BCUT2D eigenvalue weighted by molar-refractivity contribution is 6.01. The summed E-state index contributed by atoms with van der Waals surface area (Å²) in [6.45, 7) is 1.84. The molecule has 4 rings (SSSR count). The van der Waals surface area contributed by atoms with Crippen LogP contribution in [0.15, 0.2) is 73.1 Å². The largest absolute Gasteiger partial charge is 0.271 e. The maximum atomic E-state index is 12.6. The molecule has 0 radical (unpaired) electrons. The summed E-state index contributed by atoms with van der Waals surface area (Å²) >= 11 is 0. The van der Waals surface area contributed by atoms with E-state index in [9.17, 15) is 4.79 Å². The minimum atomic E-state index is -0.215. The van der Waals surface area contributed by atoms with E-state index >= 15 is 0 Å². The Bertz CT molecular complexity index is 1050. The molecule has 0 aliphatic carbocycles. The minimum absolute atomic E-state index is 0.215. The molecule has 0 unspecified atom stereocenters. The van der Waals surface area contributed by atoms with Crippen LogP contribution >= 0.6 is 0 Å². The summed E-state index contributed by atoms with van der Waals surface area (Å²) in [6, 6.07) is 21.2. The summed E-state index contributed by atoms with van der Waals surface area (Å²) in [5, 5.41) is 0. The number of amides is 1. The van der Waals surface area contributed by atoms with Crippen molar-refractivity contribution in [1.82, 2.24) is 14.6 Å². The third kappa shape index (κ3) is 2.87. The van der Waals surface area contributed by atoms with E-state index in [4.69, 9.17) is 0 Å². The van der Waals surface area contributed by atoms with Gasteiger partial charge >= 0.3 is 0 Å². The molecule has 2 aromatic carbocycles. The Kier molecular flexibility index (Phi) is 3.74. The number of para-hydroxylation sites is 2. The maximum absolute atomic E-state index is 12.6. The number of nitrogens with zero attached hydrogens (tertiary/aromatic N) is 3.